The highest BCUT2D eigenvalue weighted by Gasteiger charge is 2.30. The highest BCUT2D eigenvalue weighted by Crippen LogP contribution is 2.33. The van der Waals surface area contributed by atoms with E-state index in [1.165, 1.54) is 5.69 Å². The molecule has 4 heterocycles. The SMILES string of the molecule is O=C(Nc1ccc2[nH]nc(-c3ccc(N4CCC(O)CC4)cc3)c2c1)C(c1cccs1)N1CCCC1. The molecule has 8 heteroatoms. The van der Waals surface area contributed by atoms with Gasteiger partial charge in [0.25, 0.3) is 0 Å². The number of carbonyl (C=O) groups is 1. The van der Waals surface area contributed by atoms with Gasteiger partial charge < -0.3 is 15.3 Å². The average Bonchev–Trinajstić information content (AvgIpc) is 3.68. The van der Waals surface area contributed by atoms with E-state index in [9.17, 15) is 9.90 Å². The van der Waals surface area contributed by atoms with Crippen molar-refractivity contribution in [3.8, 4) is 11.3 Å². The van der Waals surface area contributed by atoms with Crippen LogP contribution in [0.25, 0.3) is 22.2 Å². The zero-order valence-electron chi connectivity index (χ0n) is 20.2. The molecular weight excluding hydrogens is 470 g/mol. The topological polar surface area (TPSA) is 84.5 Å². The number of aliphatic hydroxyl groups is 1. The molecule has 1 unspecified atom stereocenters. The smallest absolute Gasteiger partial charge is 0.247 e. The van der Waals surface area contributed by atoms with E-state index in [-0.39, 0.29) is 18.1 Å². The van der Waals surface area contributed by atoms with Gasteiger partial charge in [-0.15, -0.1) is 11.3 Å². The number of aromatic nitrogens is 2. The minimum atomic E-state index is -0.254. The van der Waals surface area contributed by atoms with Crippen molar-refractivity contribution in [3.63, 3.8) is 0 Å². The molecule has 2 aliphatic rings. The lowest BCUT2D eigenvalue weighted by molar-refractivity contribution is -0.121. The Bertz CT molecular complexity index is 1320. The molecule has 2 saturated heterocycles. The Labute approximate surface area is 214 Å². The molecule has 7 nitrogen and oxygen atoms in total. The van der Waals surface area contributed by atoms with E-state index in [0.29, 0.717) is 0 Å². The Balaban J connectivity index is 1.23. The van der Waals surface area contributed by atoms with Crippen LogP contribution >= 0.6 is 11.3 Å². The zero-order valence-corrected chi connectivity index (χ0v) is 21.0. The predicted octanol–water partition coefficient (Wildman–Crippen LogP) is 5.03. The van der Waals surface area contributed by atoms with E-state index < -0.39 is 0 Å². The predicted molar refractivity (Wildman–Crippen MR) is 145 cm³/mol. The lowest BCUT2D eigenvalue weighted by Gasteiger charge is -2.31. The Morgan fingerprint density at radius 3 is 2.56 bits per heavy atom. The second kappa shape index (κ2) is 10.0. The molecule has 4 aromatic rings. The maximum absolute atomic E-state index is 13.4. The van der Waals surface area contributed by atoms with E-state index in [0.717, 1.165) is 84.6 Å². The first-order valence-corrected chi connectivity index (χ1v) is 13.6. The number of H-pyrrole nitrogens is 1. The number of hydrogen-bond acceptors (Lipinski definition) is 6. The monoisotopic (exact) mass is 501 g/mol. The van der Waals surface area contributed by atoms with E-state index in [1.54, 1.807) is 11.3 Å². The molecule has 1 atom stereocenters. The second-order valence-electron chi connectivity index (χ2n) is 9.75. The first-order chi connectivity index (χ1) is 17.7. The molecule has 0 saturated carbocycles. The number of nitrogens with one attached hydrogen (secondary N) is 2. The first-order valence-electron chi connectivity index (χ1n) is 12.8. The van der Waals surface area contributed by atoms with Gasteiger partial charge in [0.2, 0.25) is 5.91 Å². The highest BCUT2D eigenvalue weighted by atomic mass is 32.1. The molecule has 0 radical (unpaired) electrons. The van der Waals surface area contributed by atoms with Crippen molar-refractivity contribution in [3.05, 3.63) is 64.9 Å². The van der Waals surface area contributed by atoms with Crippen LogP contribution in [0, 0.1) is 0 Å². The van der Waals surface area contributed by atoms with Gasteiger partial charge in [0.15, 0.2) is 0 Å². The van der Waals surface area contributed by atoms with Gasteiger partial charge in [-0.25, -0.2) is 0 Å². The zero-order chi connectivity index (χ0) is 24.5. The fraction of sp³-hybridized carbons (Fsp3) is 0.357. The van der Waals surface area contributed by atoms with Crippen molar-refractivity contribution in [2.75, 3.05) is 36.4 Å². The number of amides is 1. The Hall–Kier alpha value is -3.20. The molecule has 2 fully saturated rings. The minimum absolute atomic E-state index is 0.0137. The van der Waals surface area contributed by atoms with Crippen LogP contribution < -0.4 is 10.2 Å². The van der Waals surface area contributed by atoms with Gasteiger partial charge in [-0.1, -0.05) is 18.2 Å². The van der Waals surface area contributed by atoms with Crippen molar-refractivity contribution in [2.24, 2.45) is 0 Å². The molecule has 36 heavy (non-hydrogen) atoms. The van der Waals surface area contributed by atoms with Crippen LogP contribution in [0.2, 0.25) is 0 Å². The molecule has 0 aliphatic carbocycles. The number of anilines is 2. The molecule has 0 bridgehead atoms. The van der Waals surface area contributed by atoms with Gasteiger partial charge >= 0.3 is 0 Å². The normalized spacial score (nSPS) is 18.1. The number of likely N-dealkylation sites (tertiary alicyclic amines) is 1. The Kier molecular flexibility index (Phi) is 6.48. The largest absolute Gasteiger partial charge is 0.393 e. The Morgan fingerprint density at radius 1 is 1.06 bits per heavy atom. The van der Waals surface area contributed by atoms with Crippen LogP contribution in [0.3, 0.4) is 0 Å². The Morgan fingerprint density at radius 2 is 1.83 bits per heavy atom. The van der Waals surface area contributed by atoms with Gasteiger partial charge in [-0.3, -0.25) is 14.8 Å². The van der Waals surface area contributed by atoms with Crippen molar-refractivity contribution in [2.45, 2.75) is 37.8 Å². The summed E-state index contributed by atoms with van der Waals surface area (Å²) >= 11 is 1.64. The number of rotatable bonds is 6. The van der Waals surface area contributed by atoms with Crippen LogP contribution in [0.1, 0.15) is 36.6 Å². The summed E-state index contributed by atoms with van der Waals surface area (Å²) in [7, 11) is 0. The van der Waals surface area contributed by atoms with Gasteiger partial charge in [0.05, 0.1) is 17.3 Å². The molecule has 2 aromatic carbocycles. The molecule has 186 valence electrons. The molecule has 3 N–H and O–H groups in total. The van der Waals surface area contributed by atoms with E-state index in [2.05, 4.69) is 55.6 Å². The number of carbonyl (C=O) groups excluding carboxylic acids is 1. The quantitative estimate of drug-likeness (QED) is 0.345. The van der Waals surface area contributed by atoms with E-state index in [4.69, 9.17) is 0 Å². The molecule has 1 amide bonds. The third kappa shape index (κ3) is 4.64. The van der Waals surface area contributed by atoms with Gasteiger partial charge in [-0.2, -0.15) is 5.10 Å². The van der Waals surface area contributed by atoms with Crippen molar-refractivity contribution in [1.29, 1.82) is 0 Å². The molecule has 0 spiro atoms. The first kappa shape index (κ1) is 23.2. The number of aliphatic hydroxyl groups excluding tert-OH is 1. The second-order valence-corrected chi connectivity index (χ2v) is 10.7. The average molecular weight is 502 g/mol. The number of aromatic amines is 1. The van der Waals surface area contributed by atoms with Crippen molar-refractivity contribution < 1.29 is 9.90 Å². The molecule has 2 aromatic heterocycles. The van der Waals surface area contributed by atoms with Crippen molar-refractivity contribution >= 4 is 39.5 Å². The van der Waals surface area contributed by atoms with E-state index >= 15 is 0 Å². The number of benzene rings is 2. The summed E-state index contributed by atoms with van der Waals surface area (Å²) < 4.78 is 0. The van der Waals surface area contributed by atoms with Crippen LogP contribution in [0.15, 0.2) is 60.0 Å². The maximum atomic E-state index is 13.4. The van der Waals surface area contributed by atoms with E-state index in [1.807, 2.05) is 29.6 Å². The summed E-state index contributed by atoms with van der Waals surface area (Å²) in [5.41, 5.74) is 4.78. The summed E-state index contributed by atoms with van der Waals surface area (Å²) in [5.74, 6) is 0.0137. The molecule has 2 aliphatic heterocycles. The number of nitrogens with zero attached hydrogens (tertiary/aromatic N) is 3. The minimum Gasteiger partial charge on any atom is -0.393 e. The summed E-state index contributed by atoms with van der Waals surface area (Å²) in [4.78, 5) is 19.1. The standard InChI is InChI=1S/C28H31N5O2S/c34-22-11-15-32(16-12-22)21-8-5-19(6-9-21)26-23-18-20(7-10-24(23)30-31-26)29-28(35)27(25-4-3-17-36-25)33-13-1-2-14-33/h3-10,17-18,22,27,34H,1-2,11-16H2,(H,29,35)(H,30,31). The fourth-order valence-electron chi connectivity index (χ4n) is 5.40. The fourth-order valence-corrected chi connectivity index (χ4v) is 6.25. The highest BCUT2D eigenvalue weighted by molar-refractivity contribution is 7.10. The summed E-state index contributed by atoms with van der Waals surface area (Å²) in [6.45, 7) is 3.65. The summed E-state index contributed by atoms with van der Waals surface area (Å²) in [6, 6.07) is 18.2. The maximum Gasteiger partial charge on any atom is 0.247 e. The van der Waals surface area contributed by atoms with Crippen LogP contribution in [0.5, 0.6) is 0 Å². The molecular formula is C28H31N5O2S. The third-order valence-corrected chi connectivity index (χ3v) is 8.29. The summed E-state index contributed by atoms with van der Waals surface area (Å²) in [5, 5.41) is 23.7. The van der Waals surface area contributed by atoms with Gasteiger partial charge in [0, 0.05) is 40.3 Å². The van der Waals surface area contributed by atoms with Gasteiger partial charge in [-0.05, 0) is 80.6 Å². The van der Waals surface area contributed by atoms with Crippen LogP contribution in [-0.4, -0.2) is 58.4 Å². The lowest BCUT2D eigenvalue weighted by atomic mass is 10.0. The number of piperidine rings is 1. The lowest BCUT2D eigenvalue weighted by Crippen LogP contribution is -2.35. The van der Waals surface area contributed by atoms with Gasteiger partial charge in [0.1, 0.15) is 6.04 Å². The van der Waals surface area contributed by atoms with Crippen LogP contribution in [0.4, 0.5) is 11.4 Å². The number of hydrogen-bond donors (Lipinski definition) is 3. The number of thiophene rings is 1. The third-order valence-electron chi connectivity index (χ3n) is 7.37. The number of fused-ring (bicyclic) bond motifs is 1. The summed E-state index contributed by atoms with van der Waals surface area (Å²) in [6.07, 6.45) is 3.72. The molecule has 6 rings (SSSR count). The van der Waals surface area contributed by atoms with Crippen molar-refractivity contribution in [1.82, 2.24) is 15.1 Å². The van der Waals surface area contributed by atoms with Crippen LogP contribution in [-0.2, 0) is 4.79 Å².